The number of unbranched alkanes of at least 4 members (excludes halogenated alkanes) is 10. The molecule has 0 bridgehead atoms. The number of halogens is 3. The Hall–Kier alpha value is -1.00. The average molecular weight is 338 g/mol. The Kier molecular flexibility index (Phi) is 18.3. The standard InChI is InChI=1S/C16H32.C2HF3O2/c1-3-5-7-9-11-13-15-16-14-12-10-8-6-4-2;3-2(4,5)1(6)7/h9,11H,3-8,10,12-16H2,1-2H3;(H,6,7)/b11-9-;. The van der Waals surface area contributed by atoms with Gasteiger partial charge in [0, 0.05) is 0 Å². The zero-order chi connectivity index (χ0) is 18.0. The van der Waals surface area contributed by atoms with Crippen LogP contribution >= 0.6 is 0 Å². The molecule has 0 aliphatic carbocycles. The molecule has 0 unspecified atom stereocenters. The van der Waals surface area contributed by atoms with Crippen LogP contribution in [0.1, 0.15) is 90.9 Å². The minimum absolute atomic E-state index is 1.29. The molecule has 0 aliphatic heterocycles. The number of alkyl halides is 3. The molecule has 0 spiro atoms. The van der Waals surface area contributed by atoms with Gasteiger partial charge >= 0.3 is 12.1 Å². The van der Waals surface area contributed by atoms with E-state index >= 15 is 0 Å². The third-order valence-corrected chi connectivity index (χ3v) is 3.36. The Morgan fingerprint density at radius 2 is 1.13 bits per heavy atom. The highest BCUT2D eigenvalue weighted by Gasteiger charge is 2.38. The number of hydrogen-bond acceptors (Lipinski definition) is 1. The second-order valence-electron chi connectivity index (χ2n) is 5.68. The van der Waals surface area contributed by atoms with Crippen LogP contribution in [0.2, 0.25) is 0 Å². The van der Waals surface area contributed by atoms with Crippen LogP contribution in [0.5, 0.6) is 0 Å². The SMILES string of the molecule is CCCC/C=C\CCCCCCCCCC.O=C(O)C(F)(F)F. The van der Waals surface area contributed by atoms with E-state index in [0.717, 1.165) is 0 Å². The van der Waals surface area contributed by atoms with E-state index in [2.05, 4.69) is 26.0 Å². The Morgan fingerprint density at radius 1 is 0.783 bits per heavy atom. The third kappa shape index (κ3) is 23.4. The predicted molar refractivity (Wildman–Crippen MR) is 89.6 cm³/mol. The molecule has 23 heavy (non-hydrogen) atoms. The van der Waals surface area contributed by atoms with E-state index in [-0.39, 0.29) is 0 Å². The summed E-state index contributed by atoms with van der Waals surface area (Å²) in [5, 5.41) is 7.12. The number of allylic oxidation sites excluding steroid dienone is 2. The fourth-order valence-electron chi connectivity index (χ4n) is 1.95. The molecule has 0 aromatic carbocycles. The minimum atomic E-state index is -5.08. The van der Waals surface area contributed by atoms with E-state index in [1.54, 1.807) is 0 Å². The van der Waals surface area contributed by atoms with Gasteiger partial charge in [0.2, 0.25) is 0 Å². The van der Waals surface area contributed by atoms with Crippen molar-refractivity contribution in [3.8, 4) is 0 Å². The van der Waals surface area contributed by atoms with Gasteiger partial charge in [-0.25, -0.2) is 4.79 Å². The van der Waals surface area contributed by atoms with Crippen molar-refractivity contribution in [3.63, 3.8) is 0 Å². The van der Waals surface area contributed by atoms with E-state index in [4.69, 9.17) is 9.90 Å². The molecule has 5 heteroatoms. The molecule has 2 nitrogen and oxygen atoms in total. The smallest absolute Gasteiger partial charge is 0.475 e. The lowest BCUT2D eigenvalue weighted by atomic mass is 10.1. The summed E-state index contributed by atoms with van der Waals surface area (Å²) in [6, 6.07) is 0. The Balaban J connectivity index is 0. The van der Waals surface area contributed by atoms with Crippen LogP contribution < -0.4 is 0 Å². The number of carbonyl (C=O) groups is 1. The highest BCUT2D eigenvalue weighted by Crippen LogP contribution is 2.13. The lowest BCUT2D eigenvalue weighted by Crippen LogP contribution is -2.21. The molecular formula is C18H33F3O2. The van der Waals surface area contributed by atoms with Crippen LogP contribution in [0.15, 0.2) is 12.2 Å². The van der Waals surface area contributed by atoms with Crippen LogP contribution in [0.3, 0.4) is 0 Å². The van der Waals surface area contributed by atoms with E-state index in [1.807, 2.05) is 0 Å². The number of hydrogen-bond donors (Lipinski definition) is 1. The van der Waals surface area contributed by atoms with Crippen molar-refractivity contribution in [1.29, 1.82) is 0 Å². The first-order valence-electron chi connectivity index (χ1n) is 8.81. The maximum absolute atomic E-state index is 10.6. The topological polar surface area (TPSA) is 37.3 Å². The van der Waals surface area contributed by atoms with Gasteiger partial charge in [-0.3, -0.25) is 0 Å². The molecule has 0 saturated carbocycles. The number of carboxylic acid groups (broad SMARTS) is 1. The van der Waals surface area contributed by atoms with Gasteiger partial charge in [-0.15, -0.1) is 0 Å². The van der Waals surface area contributed by atoms with Gasteiger partial charge in [-0.2, -0.15) is 13.2 Å². The Labute approximate surface area is 139 Å². The highest BCUT2D eigenvalue weighted by molar-refractivity contribution is 5.73. The molecule has 0 aliphatic rings. The van der Waals surface area contributed by atoms with Crippen molar-refractivity contribution in [2.24, 2.45) is 0 Å². The second kappa shape index (κ2) is 17.4. The molecule has 0 saturated heterocycles. The first-order valence-corrected chi connectivity index (χ1v) is 8.81. The first kappa shape index (κ1) is 24.3. The van der Waals surface area contributed by atoms with Crippen LogP contribution in [0.4, 0.5) is 13.2 Å². The predicted octanol–water partition coefficient (Wildman–Crippen LogP) is 6.90. The highest BCUT2D eigenvalue weighted by atomic mass is 19.4. The second-order valence-corrected chi connectivity index (χ2v) is 5.68. The molecule has 1 N–H and O–H groups in total. The zero-order valence-corrected chi connectivity index (χ0v) is 14.6. The summed E-state index contributed by atoms with van der Waals surface area (Å²) in [7, 11) is 0. The maximum atomic E-state index is 10.6. The molecule has 0 fully saturated rings. The molecule has 0 amide bonds. The van der Waals surface area contributed by atoms with Gasteiger partial charge in [0.1, 0.15) is 0 Å². The maximum Gasteiger partial charge on any atom is 0.490 e. The van der Waals surface area contributed by atoms with E-state index in [9.17, 15) is 13.2 Å². The van der Waals surface area contributed by atoms with Crippen molar-refractivity contribution in [2.75, 3.05) is 0 Å². The number of aliphatic carboxylic acids is 1. The van der Waals surface area contributed by atoms with Crippen molar-refractivity contribution in [2.45, 2.75) is 97.1 Å². The molecule has 0 atom stereocenters. The van der Waals surface area contributed by atoms with Gasteiger partial charge in [-0.05, 0) is 19.3 Å². The number of rotatable bonds is 12. The summed E-state index contributed by atoms with van der Waals surface area (Å²) in [4.78, 5) is 8.90. The van der Waals surface area contributed by atoms with Gasteiger partial charge in [0.05, 0.1) is 0 Å². The summed E-state index contributed by atoms with van der Waals surface area (Å²) in [5.41, 5.74) is 0. The zero-order valence-electron chi connectivity index (χ0n) is 14.6. The summed E-state index contributed by atoms with van der Waals surface area (Å²) < 4.78 is 31.7. The van der Waals surface area contributed by atoms with Crippen molar-refractivity contribution < 1.29 is 23.1 Å². The van der Waals surface area contributed by atoms with Gasteiger partial charge in [-0.1, -0.05) is 83.8 Å². The van der Waals surface area contributed by atoms with Crippen LogP contribution in [-0.2, 0) is 4.79 Å². The molecule has 0 aromatic rings. The van der Waals surface area contributed by atoms with E-state index in [1.165, 1.54) is 77.0 Å². The van der Waals surface area contributed by atoms with Crippen molar-refractivity contribution >= 4 is 5.97 Å². The Bertz CT molecular complexity index is 286. The molecular weight excluding hydrogens is 305 g/mol. The van der Waals surface area contributed by atoms with E-state index < -0.39 is 12.1 Å². The average Bonchev–Trinajstić information content (AvgIpc) is 2.48. The third-order valence-electron chi connectivity index (χ3n) is 3.36. The van der Waals surface area contributed by atoms with Crippen molar-refractivity contribution in [1.82, 2.24) is 0 Å². The lowest BCUT2D eigenvalue weighted by molar-refractivity contribution is -0.192. The summed E-state index contributed by atoms with van der Waals surface area (Å²) in [5.74, 6) is -2.76. The van der Waals surface area contributed by atoms with Crippen molar-refractivity contribution in [3.05, 3.63) is 12.2 Å². The van der Waals surface area contributed by atoms with Crippen LogP contribution in [0.25, 0.3) is 0 Å². The van der Waals surface area contributed by atoms with Gasteiger partial charge in [0.25, 0.3) is 0 Å². The molecule has 0 aromatic heterocycles. The minimum Gasteiger partial charge on any atom is -0.475 e. The number of carboxylic acids is 1. The monoisotopic (exact) mass is 338 g/mol. The normalized spacial score (nSPS) is 11.3. The largest absolute Gasteiger partial charge is 0.490 e. The first-order chi connectivity index (χ1) is 10.9. The molecule has 138 valence electrons. The quantitative estimate of drug-likeness (QED) is 0.310. The fourth-order valence-corrected chi connectivity index (χ4v) is 1.95. The summed E-state index contributed by atoms with van der Waals surface area (Å²) in [6.45, 7) is 4.54. The lowest BCUT2D eigenvalue weighted by Gasteiger charge is -1.99. The van der Waals surface area contributed by atoms with Crippen LogP contribution in [0, 0.1) is 0 Å². The summed E-state index contributed by atoms with van der Waals surface area (Å²) >= 11 is 0. The van der Waals surface area contributed by atoms with Gasteiger partial charge in [0.15, 0.2) is 0 Å². The van der Waals surface area contributed by atoms with Crippen LogP contribution in [-0.4, -0.2) is 17.3 Å². The van der Waals surface area contributed by atoms with E-state index in [0.29, 0.717) is 0 Å². The molecule has 0 radical (unpaired) electrons. The molecule has 0 rings (SSSR count). The van der Waals surface area contributed by atoms with Gasteiger partial charge < -0.3 is 5.11 Å². The fraction of sp³-hybridized carbons (Fsp3) is 0.833. The molecule has 0 heterocycles. The Morgan fingerprint density at radius 3 is 1.52 bits per heavy atom. The summed E-state index contributed by atoms with van der Waals surface area (Å²) in [6.07, 6.45) is 16.4.